The van der Waals surface area contributed by atoms with E-state index in [0.717, 1.165) is 22.3 Å². The van der Waals surface area contributed by atoms with E-state index in [2.05, 4.69) is 12.1 Å². The minimum absolute atomic E-state index is 0.0492. The van der Waals surface area contributed by atoms with E-state index in [0.29, 0.717) is 23.4 Å². The molecule has 0 aliphatic carbocycles. The van der Waals surface area contributed by atoms with Gasteiger partial charge in [-0.25, -0.2) is 4.79 Å². The van der Waals surface area contributed by atoms with Crippen LogP contribution in [0.25, 0.3) is 0 Å². The lowest BCUT2D eigenvalue weighted by Gasteiger charge is -2.35. The highest BCUT2D eigenvalue weighted by Crippen LogP contribution is 2.39. The van der Waals surface area contributed by atoms with Gasteiger partial charge in [0.15, 0.2) is 0 Å². The van der Waals surface area contributed by atoms with E-state index in [-0.39, 0.29) is 30.3 Å². The molecule has 0 aromatic heterocycles. The number of aryl methyl sites for hydroxylation is 2. The summed E-state index contributed by atoms with van der Waals surface area (Å²) in [6.45, 7) is 9.75. The van der Waals surface area contributed by atoms with Crippen LogP contribution in [0.2, 0.25) is 0 Å². The van der Waals surface area contributed by atoms with Crippen LogP contribution in [-0.2, 0) is 20.9 Å². The molecule has 0 spiro atoms. The maximum absolute atomic E-state index is 13.2. The fourth-order valence-corrected chi connectivity index (χ4v) is 4.07. The molecular weight excluding hydrogens is 388 g/mol. The highest BCUT2D eigenvalue weighted by Gasteiger charge is 2.37. The highest BCUT2D eigenvalue weighted by molar-refractivity contribution is 5.96. The second kappa shape index (κ2) is 9.18. The van der Waals surface area contributed by atoms with E-state index in [9.17, 15) is 14.9 Å². The normalized spacial score (nSPS) is 16.5. The molecule has 1 aliphatic rings. The van der Waals surface area contributed by atoms with Crippen molar-refractivity contribution in [2.24, 2.45) is 0 Å². The van der Waals surface area contributed by atoms with Crippen molar-refractivity contribution in [1.29, 1.82) is 5.26 Å². The molecule has 3 rings (SSSR count). The van der Waals surface area contributed by atoms with E-state index in [1.54, 1.807) is 30.0 Å². The van der Waals surface area contributed by atoms with Crippen molar-refractivity contribution in [3.05, 3.63) is 81.6 Å². The molecule has 2 aromatic carbocycles. The molecule has 0 bridgehead atoms. The molecular formula is C26H28N2O3. The van der Waals surface area contributed by atoms with Crippen LogP contribution in [0, 0.1) is 25.2 Å². The Morgan fingerprint density at radius 2 is 1.94 bits per heavy atom. The molecule has 2 aromatic rings. The van der Waals surface area contributed by atoms with E-state index >= 15 is 0 Å². The Morgan fingerprint density at radius 1 is 1.19 bits per heavy atom. The molecule has 0 radical (unpaired) electrons. The third kappa shape index (κ3) is 4.86. The average molecular weight is 417 g/mol. The SMILES string of the molecule is CC1=C(C(=O)OC(C)C)C(c2cc(C)ccc2C)CC(=O)N1Cc1cccc(C#N)c1. The van der Waals surface area contributed by atoms with Gasteiger partial charge >= 0.3 is 5.97 Å². The number of rotatable bonds is 5. The summed E-state index contributed by atoms with van der Waals surface area (Å²) in [6, 6.07) is 15.4. The molecule has 0 saturated heterocycles. The lowest BCUT2D eigenvalue weighted by Crippen LogP contribution is -2.38. The summed E-state index contributed by atoms with van der Waals surface area (Å²) in [5, 5.41) is 9.18. The van der Waals surface area contributed by atoms with Crippen molar-refractivity contribution in [2.75, 3.05) is 0 Å². The van der Waals surface area contributed by atoms with Gasteiger partial charge in [-0.3, -0.25) is 4.79 Å². The first-order valence-electron chi connectivity index (χ1n) is 10.5. The second-order valence-electron chi connectivity index (χ2n) is 8.36. The monoisotopic (exact) mass is 416 g/mol. The number of hydrogen-bond acceptors (Lipinski definition) is 4. The van der Waals surface area contributed by atoms with Gasteiger partial charge in [-0.15, -0.1) is 0 Å². The van der Waals surface area contributed by atoms with Crippen molar-refractivity contribution >= 4 is 11.9 Å². The molecule has 160 valence electrons. The number of amides is 1. The zero-order valence-corrected chi connectivity index (χ0v) is 18.7. The zero-order valence-electron chi connectivity index (χ0n) is 18.7. The van der Waals surface area contributed by atoms with Crippen molar-refractivity contribution in [3.8, 4) is 6.07 Å². The van der Waals surface area contributed by atoms with Gasteiger partial charge in [0.05, 0.1) is 29.9 Å². The number of carbonyl (C=O) groups is 2. The molecule has 1 atom stereocenters. The Balaban J connectivity index is 2.08. The van der Waals surface area contributed by atoms with Gasteiger partial charge in [0.25, 0.3) is 0 Å². The smallest absolute Gasteiger partial charge is 0.336 e. The number of hydrogen-bond donors (Lipinski definition) is 0. The summed E-state index contributed by atoms with van der Waals surface area (Å²) in [4.78, 5) is 28.0. The second-order valence-corrected chi connectivity index (χ2v) is 8.36. The summed E-state index contributed by atoms with van der Waals surface area (Å²) in [7, 11) is 0. The van der Waals surface area contributed by atoms with E-state index in [1.807, 2.05) is 45.9 Å². The maximum atomic E-state index is 13.2. The molecule has 1 amide bonds. The summed E-state index contributed by atoms with van der Waals surface area (Å²) in [5.41, 5.74) is 5.62. The van der Waals surface area contributed by atoms with E-state index in [1.165, 1.54) is 0 Å². The van der Waals surface area contributed by atoms with Crippen LogP contribution < -0.4 is 0 Å². The number of allylic oxidation sites excluding steroid dienone is 1. The summed E-state index contributed by atoms with van der Waals surface area (Å²) >= 11 is 0. The predicted octanol–water partition coefficient (Wildman–Crippen LogP) is 4.92. The van der Waals surface area contributed by atoms with Gasteiger partial charge in [-0.1, -0.05) is 35.9 Å². The molecule has 0 saturated carbocycles. The van der Waals surface area contributed by atoms with E-state index in [4.69, 9.17) is 4.74 Å². The first kappa shape index (κ1) is 22.3. The Hall–Kier alpha value is -3.39. The molecule has 1 unspecified atom stereocenters. The van der Waals surface area contributed by atoms with Crippen molar-refractivity contribution in [2.45, 2.75) is 59.6 Å². The topological polar surface area (TPSA) is 70.4 Å². The van der Waals surface area contributed by atoms with Crippen molar-refractivity contribution in [3.63, 3.8) is 0 Å². The predicted molar refractivity (Wildman–Crippen MR) is 119 cm³/mol. The van der Waals surface area contributed by atoms with E-state index < -0.39 is 0 Å². The fraction of sp³-hybridized carbons (Fsp3) is 0.346. The number of esters is 1. The third-order valence-corrected chi connectivity index (χ3v) is 5.59. The summed E-state index contributed by atoms with van der Waals surface area (Å²) in [6.07, 6.45) is -0.0623. The molecule has 31 heavy (non-hydrogen) atoms. The van der Waals surface area contributed by atoms with Crippen molar-refractivity contribution in [1.82, 2.24) is 4.90 Å². The van der Waals surface area contributed by atoms with Crippen LogP contribution in [0.1, 0.15) is 60.9 Å². The molecule has 0 fully saturated rings. The van der Waals surface area contributed by atoms with Crippen LogP contribution >= 0.6 is 0 Å². The van der Waals surface area contributed by atoms with Crippen LogP contribution in [0.15, 0.2) is 53.7 Å². The lowest BCUT2D eigenvalue weighted by molar-refractivity contribution is -0.143. The standard InChI is InChI=1S/C26H28N2O3/c1-16(2)31-26(30)25-19(5)28(15-21-8-6-7-20(12-21)14-27)24(29)13-23(25)22-11-17(3)9-10-18(22)4/h6-12,16,23H,13,15H2,1-5H3. The largest absolute Gasteiger partial charge is 0.460 e. The Bertz CT molecular complexity index is 1090. The van der Waals surface area contributed by atoms with Gasteiger partial charge in [0.2, 0.25) is 5.91 Å². The highest BCUT2D eigenvalue weighted by atomic mass is 16.5. The number of benzene rings is 2. The number of carbonyl (C=O) groups excluding carboxylic acids is 2. The lowest BCUT2D eigenvalue weighted by atomic mass is 9.81. The van der Waals surface area contributed by atoms with Crippen LogP contribution in [0.5, 0.6) is 0 Å². The fourth-order valence-electron chi connectivity index (χ4n) is 4.07. The molecule has 5 nitrogen and oxygen atoms in total. The summed E-state index contributed by atoms with van der Waals surface area (Å²) < 4.78 is 5.57. The van der Waals surface area contributed by atoms with Gasteiger partial charge in [0.1, 0.15) is 0 Å². The Labute approximate surface area is 183 Å². The Morgan fingerprint density at radius 3 is 2.61 bits per heavy atom. The number of nitrogens with zero attached hydrogens (tertiary/aromatic N) is 2. The van der Waals surface area contributed by atoms with Gasteiger partial charge < -0.3 is 9.64 Å². The van der Waals surface area contributed by atoms with Gasteiger partial charge in [-0.2, -0.15) is 5.26 Å². The molecule has 1 aliphatic heterocycles. The zero-order chi connectivity index (χ0) is 22.7. The molecule has 0 N–H and O–H groups in total. The first-order chi connectivity index (χ1) is 14.7. The van der Waals surface area contributed by atoms with Crippen LogP contribution in [0.4, 0.5) is 0 Å². The maximum Gasteiger partial charge on any atom is 0.336 e. The first-order valence-corrected chi connectivity index (χ1v) is 10.5. The minimum Gasteiger partial charge on any atom is -0.460 e. The third-order valence-electron chi connectivity index (χ3n) is 5.59. The average Bonchev–Trinajstić information content (AvgIpc) is 2.72. The molecule has 5 heteroatoms. The summed E-state index contributed by atoms with van der Waals surface area (Å²) in [5.74, 6) is -0.783. The van der Waals surface area contributed by atoms with Crippen molar-refractivity contribution < 1.29 is 14.3 Å². The quantitative estimate of drug-likeness (QED) is 0.649. The van der Waals surface area contributed by atoms with Gasteiger partial charge in [0, 0.05) is 18.0 Å². The molecule has 1 heterocycles. The van der Waals surface area contributed by atoms with Crippen LogP contribution in [-0.4, -0.2) is 22.9 Å². The van der Waals surface area contributed by atoms with Crippen LogP contribution in [0.3, 0.4) is 0 Å². The Kier molecular flexibility index (Phi) is 6.60. The number of ether oxygens (including phenoxy) is 1. The minimum atomic E-state index is -0.387. The van der Waals surface area contributed by atoms with Gasteiger partial charge in [-0.05, 0) is 63.4 Å². The number of nitriles is 1.